The molecule has 1 rings (SSSR count). The van der Waals surface area contributed by atoms with E-state index in [0.29, 0.717) is 6.47 Å². The number of rotatable bonds is 4. The van der Waals surface area contributed by atoms with Crippen LogP contribution < -0.4 is 0 Å². The van der Waals surface area contributed by atoms with Crippen molar-refractivity contribution in [2.75, 3.05) is 0 Å². The highest BCUT2D eigenvalue weighted by Crippen LogP contribution is 2.55. The molecule has 1 aliphatic carbocycles. The summed E-state index contributed by atoms with van der Waals surface area (Å²) in [5.74, 6) is -2.23. The van der Waals surface area contributed by atoms with E-state index in [9.17, 15) is 14.0 Å². The van der Waals surface area contributed by atoms with E-state index in [0.717, 1.165) is 0 Å². The van der Waals surface area contributed by atoms with Crippen molar-refractivity contribution in [2.45, 2.75) is 46.3 Å². The van der Waals surface area contributed by atoms with Gasteiger partial charge in [0.25, 0.3) is 6.47 Å². The Morgan fingerprint density at radius 2 is 1.89 bits per heavy atom. The Hall–Kier alpha value is -1.39. The third-order valence-corrected chi connectivity index (χ3v) is 2.93. The molecule has 1 fully saturated rings. The van der Waals surface area contributed by atoms with Crippen LogP contribution in [0.3, 0.4) is 0 Å². The highest BCUT2D eigenvalue weighted by atomic mass is 19.1. The highest BCUT2D eigenvalue weighted by molar-refractivity contribution is 5.86. The molecule has 2 atom stereocenters. The molecule has 0 bridgehead atoms. The Balaban J connectivity index is 2.68. The molecule has 0 N–H and O–H groups in total. The molecule has 0 heterocycles. The maximum atomic E-state index is 13.6. The van der Waals surface area contributed by atoms with Crippen molar-refractivity contribution in [3.05, 3.63) is 11.9 Å². The van der Waals surface area contributed by atoms with Crippen molar-refractivity contribution >= 4 is 12.4 Å². The molecule has 1 aliphatic rings. The van der Waals surface area contributed by atoms with Crippen LogP contribution in [-0.2, 0) is 19.1 Å². The summed E-state index contributed by atoms with van der Waals surface area (Å²) in [6.07, 6.45) is 0.783. The third kappa shape index (κ3) is 3.31. The molecule has 4 nitrogen and oxygen atoms in total. The zero-order valence-corrected chi connectivity index (χ0v) is 11.3. The molecule has 5 heteroatoms. The van der Waals surface area contributed by atoms with Crippen LogP contribution in [0.15, 0.2) is 11.9 Å². The molecule has 0 aromatic carbocycles. The summed E-state index contributed by atoms with van der Waals surface area (Å²) < 4.78 is 23.3. The van der Waals surface area contributed by atoms with Gasteiger partial charge in [-0.05, 0) is 26.8 Å². The van der Waals surface area contributed by atoms with Crippen LogP contribution in [0.4, 0.5) is 4.39 Å². The fourth-order valence-electron chi connectivity index (χ4n) is 1.80. The first-order valence-electron chi connectivity index (χ1n) is 5.79. The quantitative estimate of drug-likeness (QED) is 0.441. The molecule has 0 amide bonds. The lowest BCUT2D eigenvalue weighted by Gasteiger charge is -2.18. The summed E-state index contributed by atoms with van der Waals surface area (Å²) in [5.41, 5.74) is -1.08. The first-order valence-corrected chi connectivity index (χ1v) is 5.79. The van der Waals surface area contributed by atoms with E-state index in [2.05, 4.69) is 0 Å². The Morgan fingerprint density at radius 1 is 1.33 bits per heavy atom. The van der Waals surface area contributed by atoms with Gasteiger partial charge in [0.2, 0.25) is 5.83 Å². The van der Waals surface area contributed by atoms with E-state index in [-0.39, 0.29) is 17.4 Å². The van der Waals surface area contributed by atoms with Crippen LogP contribution in [0.25, 0.3) is 0 Å². The summed E-state index contributed by atoms with van der Waals surface area (Å²) in [4.78, 5) is 21.7. The van der Waals surface area contributed by atoms with E-state index in [1.165, 1.54) is 6.08 Å². The Morgan fingerprint density at radius 3 is 2.33 bits per heavy atom. The van der Waals surface area contributed by atoms with Crippen molar-refractivity contribution in [1.29, 1.82) is 0 Å². The highest BCUT2D eigenvalue weighted by Gasteiger charge is 2.59. The second kappa shape index (κ2) is 4.71. The molecule has 102 valence electrons. The number of hydrogen-bond donors (Lipinski definition) is 0. The number of carbonyl (C=O) groups excluding carboxylic acids is 2. The molecular weight excluding hydrogens is 239 g/mol. The molecular formula is C13H19FO4. The SMILES string of the molecule is CC(C)(C)OC(=O)C(F)=CC1C(OC=O)C1(C)C. The van der Waals surface area contributed by atoms with Gasteiger partial charge < -0.3 is 9.47 Å². The topological polar surface area (TPSA) is 52.6 Å². The van der Waals surface area contributed by atoms with E-state index in [1.54, 1.807) is 20.8 Å². The van der Waals surface area contributed by atoms with Gasteiger partial charge in [0.1, 0.15) is 11.7 Å². The van der Waals surface area contributed by atoms with Crippen LogP contribution in [0.2, 0.25) is 0 Å². The number of carbonyl (C=O) groups is 2. The van der Waals surface area contributed by atoms with Crippen molar-refractivity contribution < 1.29 is 23.5 Å². The average Bonchev–Trinajstić information content (AvgIpc) is 2.67. The molecule has 0 aliphatic heterocycles. The van der Waals surface area contributed by atoms with Crippen molar-refractivity contribution in [1.82, 2.24) is 0 Å². The second-order valence-corrected chi connectivity index (χ2v) is 6.02. The van der Waals surface area contributed by atoms with E-state index in [1.807, 2.05) is 13.8 Å². The summed E-state index contributed by atoms with van der Waals surface area (Å²) in [6.45, 7) is 9.01. The summed E-state index contributed by atoms with van der Waals surface area (Å²) in [7, 11) is 0. The largest absolute Gasteiger partial charge is 0.463 e. The molecule has 18 heavy (non-hydrogen) atoms. The zero-order valence-electron chi connectivity index (χ0n) is 11.3. The maximum absolute atomic E-state index is 13.6. The maximum Gasteiger partial charge on any atom is 0.367 e. The van der Waals surface area contributed by atoms with E-state index in [4.69, 9.17) is 9.47 Å². The zero-order chi connectivity index (χ0) is 14.1. The predicted molar refractivity (Wildman–Crippen MR) is 63.2 cm³/mol. The Kier molecular flexibility index (Phi) is 3.84. The van der Waals surface area contributed by atoms with Crippen LogP contribution >= 0.6 is 0 Å². The fourth-order valence-corrected chi connectivity index (χ4v) is 1.80. The molecule has 0 aromatic heterocycles. The second-order valence-electron chi connectivity index (χ2n) is 6.02. The lowest BCUT2D eigenvalue weighted by molar-refractivity contribution is -0.151. The lowest BCUT2D eigenvalue weighted by atomic mass is 10.1. The van der Waals surface area contributed by atoms with E-state index >= 15 is 0 Å². The third-order valence-electron chi connectivity index (χ3n) is 2.93. The fraction of sp³-hybridized carbons (Fsp3) is 0.692. The Bertz CT molecular complexity index is 379. The minimum atomic E-state index is -0.991. The molecule has 0 radical (unpaired) electrons. The summed E-state index contributed by atoms with van der Waals surface area (Å²) in [5, 5.41) is 0. The summed E-state index contributed by atoms with van der Waals surface area (Å²) in [6, 6.07) is 0. The lowest BCUT2D eigenvalue weighted by Crippen LogP contribution is -2.24. The predicted octanol–water partition coefficient (Wildman–Crippen LogP) is 2.38. The molecule has 1 saturated carbocycles. The standard InChI is InChI=1S/C13H19FO4/c1-12(2,3)18-11(16)9(14)6-8-10(17-7-15)13(8,4)5/h6-8,10H,1-5H3. The molecule has 0 aromatic rings. The van der Waals surface area contributed by atoms with Gasteiger partial charge >= 0.3 is 5.97 Å². The number of ether oxygens (including phenoxy) is 2. The number of esters is 1. The van der Waals surface area contributed by atoms with Gasteiger partial charge in [-0.3, -0.25) is 4.79 Å². The summed E-state index contributed by atoms with van der Waals surface area (Å²) >= 11 is 0. The van der Waals surface area contributed by atoms with Gasteiger partial charge in [0.15, 0.2) is 0 Å². The van der Waals surface area contributed by atoms with Crippen molar-refractivity contribution in [3.8, 4) is 0 Å². The minimum Gasteiger partial charge on any atom is -0.463 e. The van der Waals surface area contributed by atoms with Crippen LogP contribution in [0, 0.1) is 11.3 Å². The number of hydrogen-bond acceptors (Lipinski definition) is 4. The molecule has 0 saturated heterocycles. The smallest absolute Gasteiger partial charge is 0.367 e. The molecule has 2 unspecified atom stereocenters. The van der Waals surface area contributed by atoms with Crippen LogP contribution in [0.5, 0.6) is 0 Å². The van der Waals surface area contributed by atoms with E-state index < -0.39 is 17.4 Å². The minimum absolute atomic E-state index is 0.296. The first-order chi connectivity index (χ1) is 8.09. The van der Waals surface area contributed by atoms with Crippen LogP contribution in [0.1, 0.15) is 34.6 Å². The van der Waals surface area contributed by atoms with Gasteiger partial charge in [0.05, 0.1) is 0 Å². The van der Waals surface area contributed by atoms with Gasteiger partial charge in [-0.2, -0.15) is 4.39 Å². The van der Waals surface area contributed by atoms with Crippen molar-refractivity contribution in [3.63, 3.8) is 0 Å². The Labute approximate surface area is 106 Å². The van der Waals surface area contributed by atoms with Gasteiger partial charge in [-0.1, -0.05) is 13.8 Å². The van der Waals surface area contributed by atoms with Crippen LogP contribution in [-0.4, -0.2) is 24.1 Å². The average molecular weight is 258 g/mol. The van der Waals surface area contributed by atoms with Gasteiger partial charge in [0, 0.05) is 11.3 Å². The number of halogens is 1. The van der Waals surface area contributed by atoms with Gasteiger partial charge in [-0.15, -0.1) is 0 Å². The monoisotopic (exact) mass is 258 g/mol. The first kappa shape index (κ1) is 14.7. The van der Waals surface area contributed by atoms with Crippen molar-refractivity contribution in [2.24, 2.45) is 11.3 Å². The van der Waals surface area contributed by atoms with Gasteiger partial charge in [-0.25, -0.2) is 4.79 Å². The molecule has 0 spiro atoms. The normalized spacial score (nSPS) is 26.4.